The van der Waals surface area contributed by atoms with E-state index in [1.54, 1.807) is 6.20 Å². The number of pyridine rings is 3. The second-order valence-corrected chi connectivity index (χ2v) is 37.6. The number of nitrogens with zero attached hydrogens (tertiary/aromatic N) is 12. The van der Waals surface area contributed by atoms with E-state index in [4.69, 9.17) is 29.9 Å². The number of aromatic nitrogens is 12. The van der Waals surface area contributed by atoms with Gasteiger partial charge in [-0.05, 0) is 173 Å². The van der Waals surface area contributed by atoms with Crippen molar-refractivity contribution in [1.82, 2.24) is 58.6 Å². The zero-order chi connectivity index (χ0) is 92.5. The Morgan fingerprint density at radius 1 is 0.196 bits per heavy atom. The van der Waals surface area contributed by atoms with Gasteiger partial charge < -0.3 is 13.7 Å². The molecule has 12 heteroatoms. The topological polar surface area (TPSA) is 131 Å². The first-order valence-corrected chi connectivity index (χ1v) is 47.1. The summed E-state index contributed by atoms with van der Waals surface area (Å²) in [6, 6.07) is 144. The van der Waals surface area contributed by atoms with Crippen LogP contribution in [0.1, 0.15) is 74.9 Å². The van der Waals surface area contributed by atoms with Crippen molar-refractivity contribution in [2.24, 2.45) is 0 Å². The molecule has 0 atom stereocenters. The van der Waals surface area contributed by atoms with Crippen molar-refractivity contribution in [1.29, 1.82) is 0 Å². The van der Waals surface area contributed by atoms with Gasteiger partial charge in [0.1, 0.15) is 0 Å². The van der Waals surface area contributed by atoms with Crippen molar-refractivity contribution in [3.8, 4) is 152 Å². The Balaban J connectivity index is 0.000000110. The van der Waals surface area contributed by atoms with Gasteiger partial charge >= 0.3 is 0 Å². The van der Waals surface area contributed by atoms with Gasteiger partial charge in [0.2, 0.25) is 0 Å². The molecule has 138 heavy (non-hydrogen) atoms. The summed E-state index contributed by atoms with van der Waals surface area (Å²) in [5, 5.41) is 7.29. The van der Waals surface area contributed by atoms with Gasteiger partial charge in [-0.2, -0.15) is 0 Å². The van der Waals surface area contributed by atoms with E-state index in [1.165, 1.54) is 115 Å². The van der Waals surface area contributed by atoms with Crippen LogP contribution in [-0.2, 0) is 16.2 Å². The minimum Gasteiger partial charge on any atom is -0.309 e. The standard InChI is InChI=1S/3C42H30N4/c1-42(2)35-19-8-6-18-33(35)40-38(42)39(44-41(45-40)29-13-10-12-27(24-29)30-14-11-23-43-26-30)28-21-22-37-34(25-28)32-17-7-9-20-36(32)46(37)31-15-4-3-5-16-31;1-42(2)34-19-8-6-18-32(34)40-38(42)39(44-41(45-40)29-14-12-13-27(25-29)35-20-10-11-24-43-35)28-22-23-37-33(26-28)31-17-7-9-21-36(31)46(37)30-15-4-3-5-16-30;1-42(2)35-17-8-6-16-33(35)40-38(42)39(44-41(45-40)30-12-10-11-28(25-30)27-21-23-43-24-22-27)29-19-20-37-34(26-29)32-15-7-9-18-36(32)46(37)31-13-4-3-5-14-31/h3*3-26H,1-2H3. The summed E-state index contributed by atoms with van der Waals surface area (Å²) < 4.78 is 7.07. The van der Waals surface area contributed by atoms with Crippen LogP contribution in [0.5, 0.6) is 0 Å². The minimum absolute atomic E-state index is 0.258. The van der Waals surface area contributed by atoms with Gasteiger partial charge in [0.15, 0.2) is 17.5 Å². The van der Waals surface area contributed by atoms with Gasteiger partial charge in [-0.25, -0.2) is 29.9 Å². The molecule has 0 saturated carbocycles. The van der Waals surface area contributed by atoms with E-state index in [0.717, 1.165) is 130 Å². The molecule has 0 aliphatic heterocycles. The zero-order valence-corrected chi connectivity index (χ0v) is 76.9. The summed E-state index contributed by atoms with van der Waals surface area (Å²) in [6.07, 6.45) is 9.19. The van der Waals surface area contributed by atoms with Crippen LogP contribution in [0, 0.1) is 0 Å². The monoisotopic (exact) mass is 1770 g/mol. The first kappa shape index (κ1) is 82.3. The fourth-order valence-corrected chi connectivity index (χ4v) is 21.9. The molecule has 24 aromatic rings. The lowest BCUT2D eigenvalue weighted by atomic mass is 9.80. The highest BCUT2D eigenvalue weighted by Gasteiger charge is 2.44. The van der Waals surface area contributed by atoms with Gasteiger partial charge in [-0.15, -0.1) is 0 Å². The average molecular weight is 1770 g/mol. The molecule has 0 unspecified atom stereocenters. The molecule has 9 heterocycles. The molecule has 15 aromatic carbocycles. The van der Waals surface area contributed by atoms with Crippen molar-refractivity contribution in [3.05, 3.63) is 471 Å². The van der Waals surface area contributed by atoms with E-state index in [9.17, 15) is 0 Å². The second-order valence-electron chi connectivity index (χ2n) is 37.6. The molecule has 654 valence electrons. The number of benzene rings is 15. The van der Waals surface area contributed by atoms with Gasteiger partial charge in [-0.3, -0.25) is 15.0 Å². The van der Waals surface area contributed by atoms with Crippen LogP contribution in [0.2, 0.25) is 0 Å². The molecular weight excluding hydrogens is 1680 g/mol. The van der Waals surface area contributed by atoms with Crippen LogP contribution >= 0.6 is 0 Å². The molecule has 12 nitrogen and oxygen atoms in total. The van der Waals surface area contributed by atoms with Crippen molar-refractivity contribution in [3.63, 3.8) is 0 Å². The van der Waals surface area contributed by atoms with Crippen LogP contribution in [0.4, 0.5) is 0 Å². The molecule has 0 spiro atoms. The lowest BCUT2D eigenvalue weighted by molar-refractivity contribution is 0.657. The maximum Gasteiger partial charge on any atom is 0.160 e. The van der Waals surface area contributed by atoms with E-state index in [0.29, 0.717) is 5.82 Å². The van der Waals surface area contributed by atoms with Crippen LogP contribution in [-0.4, -0.2) is 58.6 Å². The first-order valence-electron chi connectivity index (χ1n) is 47.1. The molecule has 0 radical (unpaired) electrons. The summed E-state index contributed by atoms with van der Waals surface area (Å²) in [4.78, 5) is 45.3. The molecule has 27 rings (SSSR count). The van der Waals surface area contributed by atoms with Gasteiger partial charge in [0.05, 0.1) is 73.0 Å². The third kappa shape index (κ3) is 13.7. The Labute approximate surface area is 799 Å². The molecule has 3 aliphatic rings. The SMILES string of the molecule is CC1(C)c2ccccc2-c2nc(-c3cccc(-c4ccccn4)c3)nc(-c3ccc4c(c3)c3ccccc3n4-c3ccccc3)c21.CC1(C)c2ccccc2-c2nc(-c3cccc(-c4cccnc4)c3)nc(-c3ccc4c(c3)c3ccccc3n4-c3ccccc3)c21.CC1(C)c2ccccc2-c2nc(-c3cccc(-c4ccncc4)c3)nc(-c3ccc4c(c3)c3ccccc3n4-c3ccccc3)c21. The highest BCUT2D eigenvalue weighted by molar-refractivity contribution is 6.14. The Morgan fingerprint density at radius 2 is 0.514 bits per heavy atom. The number of fused-ring (bicyclic) bond motifs is 18. The molecule has 3 aliphatic carbocycles. The average Bonchev–Trinajstić information content (AvgIpc) is 1.56. The van der Waals surface area contributed by atoms with E-state index in [1.807, 2.05) is 61.2 Å². The number of hydrogen-bond acceptors (Lipinski definition) is 9. The molecule has 9 aromatic heterocycles. The maximum absolute atomic E-state index is 5.42. The van der Waals surface area contributed by atoms with E-state index >= 15 is 0 Å². The Morgan fingerprint density at radius 3 is 0.891 bits per heavy atom. The Bertz CT molecular complexity index is 8140. The lowest BCUT2D eigenvalue weighted by Crippen LogP contribution is -2.17. The molecule has 0 amide bonds. The summed E-state index contributed by atoms with van der Waals surface area (Å²) in [5.41, 5.74) is 39.2. The molecule has 0 saturated heterocycles. The third-order valence-corrected chi connectivity index (χ3v) is 28.4. The normalized spacial score (nSPS) is 13.2. The van der Waals surface area contributed by atoms with Crippen molar-refractivity contribution in [2.75, 3.05) is 0 Å². The fraction of sp³-hybridized carbons (Fsp3) is 0.0714. The van der Waals surface area contributed by atoms with E-state index in [-0.39, 0.29) is 16.2 Å². The fourth-order valence-electron chi connectivity index (χ4n) is 21.9. The zero-order valence-electron chi connectivity index (χ0n) is 76.9. The quantitative estimate of drug-likeness (QED) is 0.117. The van der Waals surface area contributed by atoms with Crippen LogP contribution < -0.4 is 0 Å². The summed E-state index contributed by atoms with van der Waals surface area (Å²) in [6.45, 7) is 13.8. The summed E-state index contributed by atoms with van der Waals surface area (Å²) >= 11 is 0. The summed E-state index contributed by atoms with van der Waals surface area (Å²) in [5.74, 6) is 2.16. The lowest BCUT2D eigenvalue weighted by Gasteiger charge is -2.24. The first-order chi connectivity index (χ1) is 67.7. The summed E-state index contributed by atoms with van der Waals surface area (Å²) in [7, 11) is 0. The van der Waals surface area contributed by atoms with Crippen molar-refractivity contribution in [2.45, 2.75) is 57.8 Å². The smallest absolute Gasteiger partial charge is 0.160 e. The largest absolute Gasteiger partial charge is 0.309 e. The highest BCUT2D eigenvalue weighted by Crippen LogP contribution is 2.56. The van der Waals surface area contributed by atoms with Crippen molar-refractivity contribution < 1.29 is 0 Å². The second kappa shape index (κ2) is 32.9. The maximum atomic E-state index is 5.42. The number of hydrogen-bond donors (Lipinski definition) is 0. The van der Waals surface area contributed by atoms with E-state index in [2.05, 4.69) is 440 Å². The van der Waals surface area contributed by atoms with Gasteiger partial charge in [-0.1, -0.05) is 308 Å². The number of para-hydroxylation sites is 6. The minimum atomic E-state index is -0.261. The molecular formula is C126H90N12. The van der Waals surface area contributed by atoms with Gasteiger partial charge in [0, 0.05) is 174 Å². The third-order valence-electron chi connectivity index (χ3n) is 28.4. The molecule has 0 bridgehead atoms. The Kier molecular flexibility index (Phi) is 19.6. The highest BCUT2D eigenvalue weighted by atomic mass is 15.0. The Hall–Kier alpha value is -17.6. The van der Waals surface area contributed by atoms with Crippen LogP contribution in [0.3, 0.4) is 0 Å². The predicted molar refractivity (Wildman–Crippen MR) is 564 cm³/mol. The van der Waals surface area contributed by atoms with E-state index < -0.39 is 0 Å². The number of rotatable bonds is 12. The molecule has 0 N–H and O–H groups in total. The predicted octanol–water partition coefficient (Wildman–Crippen LogP) is 30.8. The molecule has 0 fully saturated rings. The van der Waals surface area contributed by atoms with Gasteiger partial charge in [0.25, 0.3) is 0 Å². The van der Waals surface area contributed by atoms with Crippen LogP contribution in [0.15, 0.2) is 437 Å². The van der Waals surface area contributed by atoms with Crippen molar-refractivity contribution >= 4 is 65.4 Å². The van der Waals surface area contributed by atoms with Crippen LogP contribution in [0.25, 0.3) is 218 Å².